The SMILES string of the molecule is Cc1nc(N/N=C\c2ccc([N+](=O)[O-])cc2)cc(N2CCCCC2)n1. The number of benzene rings is 1. The van der Waals surface area contributed by atoms with E-state index in [0.29, 0.717) is 11.6 Å². The molecule has 1 aromatic carbocycles. The van der Waals surface area contributed by atoms with E-state index in [2.05, 4.69) is 25.4 Å². The van der Waals surface area contributed by atoms with E-state index in [1.54, 1.807) is 18.3 Å². The number of aryl methyl sites for hydroxylation is 1. The summed E-state index contributed by atoms with van der Waals surface area (Å²) in [5.74, 6) is 2.24. The largest absolute Gasteiger partial charge is 0.356 e. The lowest BCUT2D eigenvalue weighted by molar-refractivity contribution is -0.384. The number of nitrogens with zero attached hydrogens (tertiary/aromatic N) is 5. The van der Waals surface area contributed by atoms with Gasteiger partial charge in [0.2, 0.25) is 0 Å². The summed E-state index contributed by atoms with van der Waals surface area (Å²) in [6.07, 6.45) is 5.24. The van der Waals surface area contributed by atoms with E-state index < -0.39 is 4.92 Å². The van der Waals surface area contributed by atoms with E-state index in [4.69, 9.17) is 0 Å². The molecule has 8 nitrogen and oxygen atoms in total. The van der Waals surface area contributed by atoms with Crippen molar-refractivity contribution in [2.75, 3.05) is 23.4 Å². The van der Waals surface area contributed by atoms with E-state index in [0.717, 1.165) is 24.5 Å². The van der Waals surface area contributed by atoms with Gasteiger partial charge in [-0.2, -0.15) is 5.10 Å². The van der Waals surface area contributed by atoms with Crippen molar-refractivity contribution in [3.8, 4) is 0 Å². The van der Waals surface area contributed by atoms with Gasteiger partial charge in [0.25, 0.3) is 5.69 Å². The van der Waals surface area contributed by atoms with Gasteiger partial charge in [0.05, 0.1) is 11.1 Å². The highest BCUT2D eigenvalue weighted by molar-refractivity contribution is 5.80. The fourth-order valence-electron chi connectivity index (χ4n) is 2.75. The third-order valence-corrected chi connectivity index (χ3v) is 4.00. The van der Waals surface area contributed by atoms with Gasteiger partial charge < -0.3 is 4.90 Å². The number of hydrogen-bond acceptors (Lipinski definition) is 7. The van der Waals surface area contributed by atoms with Gasteiger partial charge in [-0.15, -0.1) is 0 Å². The van der Waals surface area contributed by atoms with Crippen molar-refractivity contribution >= 4 is 23.5 Å². The molecule has 1 aromatic heterocycles. The lowest BCUT2D eigenvalue weighted by Crippen LogP contribution is -2.30. The zero-order valence-electron chi connectivity index (χ0n) is 14.1. The molecule has 0 atom stereocenters. The molecule has 2 aromatic rings. The van der Waals surface area contributed by atoms with Crippen LogP contribution in [0.3, 0.4) is 0 Å². The van der Waals surface area contributed by atoms with Gasteiger partial charge in [-0.25, -0.2) is 9.97 Å². The summed E-state index contributed by atoms with van der Waals surface area (Å²) in [7, 11) is 0. The van der Waals surface area contributed by atoms with E-state index in [-0.39, 0.29) is 5.69 Å². The quantitative estimate of drug-likeness (QED) is 0.510. The van der Waals surface area contributed by atoms with E-state index in [9.17, 15) is 10.1 Å². The van der Waals surface area contributed by atoms with Crippen LogP contribution in [0.15, 0.2) is 35.4 Å². The number of anilines is 2. The van der Waals surface area contributed by atoms with Crippen molar-refractivity contribution in [3.63, 3.8) is 0 Å². The van der Waals surface area contributed by atoms with Gasteiger partial charge in [0.15, 0.2) is 5.82 Å². The number of nitro groups is 1. The Balaban J connectivity index is 1.67. The fourth-order valence-corrected chi connectivity index (χ4v) is 2.75. The predicted molar refractivity (Wildman–Crippen MR) is 97.1 cm³/mol. The Labute approximate surface area is 145 Å². The van der Waals surface area contributed by atoms with Gasteiger partial charge in [-0.3, -0.25) is 15.5 Å². The monoisotopic (exact) mass is 340 g/mol. The number of aromatic nitrogens is 2. The summed E-state index contributed by atoms with van der Waals surface area (Å²) in [5.41, 5.74) is 3.73. The summed E-state index contributed by atoms with van der Waals surface area (Å²) >= 11 is 0. The average Bonchev–Trinajstić information content (AvgIpc) is 2.62. The molecule has 0 spiro atoms. The maximum Gasteiger partial charge on any atom is 0.269 e. The summed E-state index contributed by atoms with van der Waals surface area (Å²) in [5, 5.41) is 14.8. The van der Waals surface area contributed by atoms with Crippen LogP contribution in [-0.4, -0.2) is 34.2 Å². The Bertz CT molecular complexity index is 769. The molecular weight excluding hydrogens is 320 g/mol. The molecule has 25 heavy (non-hydrogen) atoms. The van der Waals surface area contributed by atoms with Crippen molar-refractivity contribution in [2.24, 2.45) is 5.10 Å². The highest BCUT2D eigenvalue weighted by atomic mass is 16.6. The number of hydrogen-bond donors (Lipinski definition) is 1. The van der Waals surface area contributed by atoms with Gasteiger partial charge in [-0.05, 0) is 43.9 Å². The molecule has 0 radical (unpaired) electrons. The third kappa shape index (κ3) is 4.50. The first-order chi connectivity index (χ1) is 12.1. The van der Waals surface area contributed by atoms with Crippen molar-refractivity contribution in [2.45, 2.75) is 26.2 Å². The maximum atomic E-state index is 10.6. The Morgan fingerprint density at radius 1 is 1.20 bits per heavy atom. The summed E-state index contributed by atoms with van der Waals surface area (Å²) in [4.78, 5) is 21.3. The van der Waals surface area contributed by atoms with Crippen molar-refractivity contribution in [1.82, 2.24) is 9.97 Å². The number of rotatable bonds is 5. The standard InChI is InChI=1S/C17H20N6O2/c1-13-19-16(11-17(20-13)22-9-3-2-4-10-22)21-18-12-14-5-7-15(8-6-14)23(24)25/h5-8,11-12H,2-4,9-10H2,1H3,(H,19,20,21)/b18-12-. The molecule has 1 N–H and O–H groups in total. The zero-order valence-corrected chi connectivity index (χ0v) is 14.1. The van der Waals surface area contributed by atoms with Crippen LogP contribution in [0.5, 0.6) is 0 Å². The number of piperidine rings is 1. The molecule has 0 unspecified atom stereocenters. The van der Waals surface area contributed by atoms with E-state index in [1.165, 1.54) is 31.4 Å². The van der Waals surface area contributed by atoms with Crippen LogP contribution < -0.4 is 10.3 Å². The second-order valence-corrected chi connectivity index (χ2v) is 5.92. The van der Waals surface area contributed by atoms with Gasteiger partial charge in [0.1, 0.15) is 11.6 Å². The minimum absolute atomic E-state index is 0.0581. The molecule has 2 heterocycles. The summed E-state index contributed by atoms with van der Waals surface area (Å²) in [6, 6.07) is 8.09. The van der Waals surface area contributed by atoms with E-state index in [1.807, 2.05) is 13.0 Å². The third-order valence-electron chi connectivity index (χ3n) is 4.00. The lowest BCUT2D eigenvalue weighted by atomic mass is 10.1. The van der Waals surface area contributed by atoms with Crippen molar-refractivity contribution in [3.05, 3.63) is 51.8 Å². The maximum absolute atomic E-state index is 10.6. The average molecular weight is 340 g/mol. The fraction of sp³-hybridized carbons (Fsp3) is 0.353. The summed E-state index contributed by atoms with van der Waals surface area (Å²) in [6.45, 7) is 3.89. The molecule has 130 valence electrons. The van der Waals surface area contributed by atoms with Crippen LogP contribution in [-0.2, 0) is 0 Å². The molecule has 1 fully saturated rings. The Kier molecular flexibility index (Phi) is 5.17. The summed E-state index contributed by atoms with van der Waals surface area (Å²) < 4.78 is 0. The number of hydrazone groups is 1. The number of nitrogens with one attached hydrogen (secondary N) is 1. The molecule has 1 saturated heterocycles. The minimum Gasteiger partial charge on any atom is -0.356 e. The first-order valence-electron chi connectivity index (χ1n) is 8.26. The van der Waals surface area contributed by atoms with Crippen LogP contribution in [0.4, 0.5) is 17.3 Å². The van der Waals surface area contributed by atoms with Crippen LogP contribution in [0, 0.1) is 17.0 Å². The molecule has 0 amide bonds. The lowest BCUT2D eigenvalue weighted by Gasteiger charge is -2.27. The Morgan fingerprint density at radius 3 is 2.60 bits per heavy atom. The molecule has 0 aliphatic carbocycles. The minimum atomic E-state index is -0.426. The van der Waals surface area contributed by atoms with Crippen molar-refractivity contribution < 1.29 is 4.92 Å². The smallest absolute Gasteiger partial charge is 0.269 e. The highest BCUT2D eigenvalue weighted by Crippen LogP contribution is 2.20. The highest BCUT2D eigenvalue weighted by Gasteiger charge is 2.13. The first kappa shape index (κ1) is 16.8. The molecule has 0 bridgehead atoms. The van der Waals surface area contributed by atoms with Gasteiger partial charge in [-0.1, -0.05) is 0 Å². The second kappa shape index (κ2) is 7.69. The first-order valence-corrected chi connectivity index (χ1v) is 8.26. The Morgan fingerprint density at radius 2 is 1.92 bits per heavy atom. The van der Waals surface area contributed by atoms with Crippen LogP contribution >= 0.6 is 0 Å². The molecule has 3 rings (SSSR count). The van der Waals surface area contributed by atoms with Crippen molar-refractivity contribution in [1.29, 1.82) is 0 Å². The number of non-ortho nitro benzene ring substituents is 1. The molecule has 1 aliphatic rings. The Hall–Kier alpha value is -3.03. The number of nitro benzene ring substituents is 1. The molecule has 1 aliphatic heterocycles. The molecule has 8 heteroatoms. The molecular formula is C17H20N6O2. The molecule has 0 saturated carbocycles. The van der Waals surface area contributed by atoms with Gasteiger partial charge >= 0.3 is 0 Å². The van der Waals surface area contributed by atoms with Crippen LogP contribution in [0.1, 0.15) is 30.7 Å². The van der Waals surface area contributed by atoms with Crippen LogP contribution in [0.2, 0.25) is 0 Å². The second-order valence-electron chi connectivity index (χ2n) is 5.92. The van der Waals surface area contributed by atoms with E-state index >= 15 is 0 Å². The van der Waals surface area contributed by atoms with Gasteiger partial charge in [0, 0.05) is 31.3 Å². The van der Waals surface area contributed by atoms with Crippen LogP contribution in [0.25, 0.3) is 0 Å². The zero-order chi connectivity index (χ0) is 17.6. The normalized spacial score (nSPS) is 14.7. The topological polar surface area (TPSA) is 96.5 Å². The predicted octanol–water partition coefficient (Wildman–Crippen LogP) is 3.13.